The molecule has 37 heavy (non-hydrogen) atoms. The number of hydrogen-bond donors (Lipinski definition) is 1. The summed E-state index contributed by atoms with van der Waals surface area (Å²) in [4.78, 5) is 45.4. The van der Waals surface area contributed by atoms with Gasteiger partial charge in [-0.25, -0.2) is 4.79 Å². The number of carbonyl (C=O) groups excluding carboxylic acids is 3. The Morgan fingerprint density at radius 3 is 2.43 bits per heavy atom. The molecule has 7 nitrogen and oxygen atoms in total. The topological polar surface area (TPSA) is 73.0 Å². The number of carbonyl (C=O) groups is 3. The number of anilines is 1. The normalized spacial score (nSPS) is 24.6. The lowest BCUT2D eigenvalue weighted by molar-refractivity contribution is -0.137. The van der Waals surface area contributed by atoms with Gasteiger partial charge in [-0.3, -0.25) is 9.59 Å². The summed E-state index contributed by atoms with van der Waals surface area (Å²) in [6.07, 6.45) is 4.99. The van der Waals surface area contributed by atoms with Gasteiger partial charge >= 0.3 is 6.03 Å². The molecule has 8 heteroatoms. The first-order valence-electron chi connectivity index (χ1n) is 13.5. The van der Waals surface area contributed by atoms with Crippen LogP contribution in [0.5, 0.6) is 0 Å². The van der Waals surface area contributed by atoms with Gasteiger partial charge in [0, 0.05) is 45.8 Å². The number of nitrogens with one attached hydrogen (secondary N) is 1. The molecule has 2 aromatic rings. The van der Waals surface area contributed by atoms with E-state index in [9.17, 15) is 14.4 Å². The molecule has 4 aliphatic rings. The smallest absolute Gasteiger partial charge is 0.322 e. The fraction of sp³-hybridized carbons (Fsp3) is 0.483. The highest BCUT2D eigenvalue weighted by molar-refractivity contribution is 8.01. The SMILES string of the molecule is O=C(CC1SC(c2ccccc2)N(CC2CC2)C1=O)N1CCC(N2CCc3ccccc3NC2=O)CC1.[HH]. The van der Waals surface area contributed by atoms with Gasteiger partial charge in [-0.2, -0.15) is 0 Å². The summed E-state index contributed by atoms with van der Waals surface area (Å²) in [5, 5.41) is 2.72. The number of para-hydroxylation sites is 1. The predicted octanol–water partition coefficient (Wildman–Crippen LogP) is 4.76. The van der Waals surface area contributed by atoms with E-state index in [4.69, 9.17) is 0 Å². The fourth-order valence-corrected chi connectivity index (χ4v) is 7.27. The van der Waals surface area contributed by atoms with Crippen molar-refractivity contribution in [3.63, 3.8) is 0 Å². The molecule has 196 valence electrons. The maximum atomic E-state index is 13.4. The molecule has 1 aliphatic carbocycles. The number of hydrogen-bond acceptors (Lipinski definition) is 4. The van der Waals surface area contributed by atoms with E-state index in [0.29, 0.717) is 25.6 Å². The van der Waals surface area contributed by atoms with Crippen LogP contribution in [0.25, 0.3) is 0 Å². The van der Waals surface area contributed by atoms with E-state index in [1.807, 2.05) is 51.1 Å². The first-order chi connectivity index (χ1) is 18.1. The average Bonchev–Trinajstić information content (AvgIpc) is 3.72. The van der Waals surface area contributed by atoms with E-state index in [0.717, 1.165) is 42.6 Å². The molecule has 3 fully saturated rings. The van der Waals surface area contributed by atoms with Gasteiger partial charge in [0.2, 0.25) is 11.8 Å². The number of rotatable bonds is 6. The number of piperidine rings is 1. The lowest BCUT2D eigenvalue weighted by atomic mass is 10.0. The Morgan fingerprint density at radius 1 is 0.946 bits per heavy atom. The van der Waals surface area contributed by atoms with Crippen LogP contribution in [0.4, 0.5) is 10.5 Å². The number of amides is 4. The zero-order valence-corrected chi connectivity index (χ0v) is 21.9. The van der Waals surface area contributed by atoms with Gasteiger partial charge in [0.15, 0.2) is 0 Å². The van der Waals surface area contributed by atoms with E-state index in [1.54, 1.807) is 11.8 Å². The minimum Gasteiger partial charge on any atom is -0.342 e. The van der Waals surface area contributed by atoms with Gasteiger partial charge in [0.1, 0.15) is 5.37 Å². The van der Waals surface area contributed by atoms with Crippen molar-refractivity contribution in [2.75, 3.05) is 31.5 Å². The Balaban J connectivity index is 0.00000294. The minimum absolute atomic E-state index is 0. The van der Waals surface area contributed by atoms with Gasteiger partial charge < -0.3 is 20.0 Å². The van der Waals surface area contributed by atoms with Crippen LogP contribution in [0.15, 0.2) is 54.6 Å². The fourth-order valence-electron chi connectivity index (χ4n) is 5.82. The molecule has 0 bridgehead atoms. The summed E-state index contributed by atoms with van der Waals surface area (Å²) in [7, 11) is 0. The van der Waals surface area contributed by atoms with Gasteiger partial charge in [-0.15, -0.1) is 11.8 Å². The quantitative estimate of drug-likeness (QED) is 0.596. The highest BCUT2D eigenvalue weighted by Gasteiger charge is 2.44. The Kier molecular flexibility index (Phi) is 6.84. The highest BCUT2D eigenvalue weighted by atomic mass is 32.2. The van der Waals surface area contributed by atoms with Crippen LogP contribution < -0.4 is 5.32 Å². The molecule has 2 aromatic carbocycles. The Hall–Kier alpha value is -3.00. The molecular formula is C29H36N4O3S. The molecule has 2 saturated heterocycles. The van der Waals surface area contributed by atoms with Gasteiger partial charge in [-0.05, 0) is 55.2 Å². The lowest BCUT2D eigenvalue weighted by Crippen LogP contribution is -2.50. The molecule has 2 unspecified atom stereocenters. The maximum Gasteiger partial charge on any atom is 0.322 e. The second kappa shape index (κ2) is 10.4. The Labute approximate surface area is 224 Å². The van der Waals surface area contributed by atoms with Crippen LogP contribution in [-0.2, 0) is 16.0 Å². The number of thioether (sulfide) groups is 1. The number of benzene rings is 2. The first kappa shape index (κ1) is 24.3. The van der Waals surface area contributed by atoms with E-state index < -0.39 is 0 Å². The molecule has 4 amide bonds. The molecule has 0 radical (unpaired) electrons. The molecule has 0 spiro atoms. The van der Waals surface area contributed by atoms with Gasteiger partial charge in [-0.1, -0.05) is 48.5 Å². The summed E-state index contributed by atoms with van der Waals surface area (Å²) in [5.41, 5.74) is 3.19. The van der Waals surface area contributed by atoms with Crippen LogP contribution in [0, 0.1) is 5.92 Å². The Bertz CT molecular complexity index is 1170. The van der Waals surface area contributed by atoms with Crippen molar-refractivity contribution in [2.24, 2.45) is 5.92 Å². The van der Waals surface area contributed by atoms with Crippen LogP contribution in [0.2, 0.25) is 0 Å². The van der Waals surface area contributed by atoms with E-state index in [-0.39, 0.29) is 42.4 Å². The van der Waals surface area contributed by atoms with E-state index in [1.165, 1.54) is 12.8 Å². The molecule has 2 atom stereocenters. The average molecular weight is 521 g/mol. The first-order valence-corrected chi connectivity index (χ1v) is 14.5. The molecular weight excluding hydrogens is 484 g/mol. The number of nitrogens with zero attached hydrogens (tertiary/aromatic N) is 3. The third kappa shape index (κ3) is 5.21. The van der Waals surface area contributed by atoms with Crippen LogP contribution in [0.1, 0.15) is 50.0 Å². The maximum absolute atomic E-state index is 13.4. The standard InChI is InChI=1S/C29H34N4O3S.H2/c34-26(18-25-27(35)33(19-20-10-11-20)28(37-25)22-7-2-1-3-8-22)31-15-13-23(14-16-31)32-17-12-21-6-4-5-9-24(21)30-29(32)36;/h1-9,20,23,25,28H,10-19H2,(H,30,36);1H. The summed E-state index contributed by atoms with van der Waals surface area (Å²) in [6.45, 7) is 2.73. The monoisotopic (exact) mass is 520 g/mol. The summed E-state index contributed by atoms with van der Waals surface area (Å²) in [6, 6.07) is 18.2. The number of likely N-dealkylation sites (tertiary alicyclic amines) is 1. The van der Waals surface area contributed by atoms with Crippen LogP contribution >= 0.6 is 11.8 Å². The molecule has 3 heterocycles. The largest absolute Gasteiger partial charge is 0.342 e. The third-order valence-electron chi connectivity index (χ3n) is 8.13. The molecule has 3 aliphatic heterocycles. The third-order valence-corrected chi connectivity index (χ3v) is 9.61. The predicted molar refractivity (Wildman–Crippen MR) is 147 cm³/mol. The summed E-state index contributed by atoms with van der Waals surface area (Å²) < 4.78 is 0. The zero-order valence-electron chi connectivity index (χ0n) is 21.1. The van der Waals surface area contributed by atoms with E-state index in [2.05, 4.69) is 23.5 Å². The number of urea groups is 1. The number of fused-ring (bicyclic) bond motifs is 1. The molecule has 1 N–H and O–H groups in total. The lowest BCUT2D eigenvalue weighted by Gasteiger charge is -2.38. The summed E-state index contributed by atoms with van der Waals surface area (Å²) in [5.74, 6) is 0.764. The summed E-state index contributed by atoms with van der Waals surface area (Å²) >= 11 is 1.63. The minimum atomic E-state index is -0.330. The van der Waals surface area contributed by atoms with Gasteiger partial charge in [0.05, 0.1) is 5.25 Å². The second-order valence-electron chi connectivity index (χ2n) is 10.7. The van der Waals surface area contributed by atoms with Crippen LogP contribution in [0.3, 0.4) is 0 Å². The second-order valence-corrected chi connectivity index (χ2v) is 12.0. The van der Waals surface area contributed by atoms with Crippen molar-refractivity contribution < 1.29 is 15.8 Å². The molecule has 0 aromatic heterocycles. The van der Waals surface area contributed by atoms with Crippen LogP contribution in [-0.4, -0.2) is 70.0 Å². The van der Waals surface area contributed by atoms with E-state index >= 15 is 0 Å². The van der Waals surface area contributed by atoms with Crippen molar-refractivity contribution in [3.8, 4) is 0 Å². The Morgan fingerprint density at radius 2 is 1.68 bits per heavy atom. The van der Waals surface area contributed by atoms with Crippen molar-refractivity contribution in [1.29, 1.82) is 0 Å². The van der Waals surface area contributed by atoms with Crippen molar-refractivity contribution in [3.05, 3.63) is 65.7 Å². The van der Waals surface area contributed by atoms with Crippen molar-refractivity contribution in [2.45, 2.75) is 55.2 Å². The molecule has 1 saturated carbocycles. The van der Waals surface area contributed by atoms with Crippen molar-refractivity contribution in [1.82, 2.24) is 14.7 Å². The zero-order chi connectivity index (χ0) is 25.4. The molecule has 6 rings (SSSR count). The van der Waals surface area contributed by atoms with Gasteiger partial charge in [0.25, 0.3) is 0 Å². The highest BCUT2D eigenvalue weighted by Crippen LogP contribution is 2.46. The van der Waals surface area contributed by atoms with Crippen molar-refractivity contribution >= 4 is 35.3 Å².